The van der Waals surface area contributed by atoms with Crippen molar-refractivity contribution in [3.8, 4) is 0 Å². The van der Waals surface area contributed by atoms with E-state index in [0.717, 1.165) is 10.0 Å². The second-order valence-corrected chi connectivity index (χ2v) is 9.14. The van der Waals surface area contributed by atoms with Gasteiger partial charge >= 0.3 is 0 Å². The topological polar surface area (TPSA) is 80.5 Å². The normalized spacial score (nSPS) is 18.6. The molecule has 0 amide bonds. The van der Waals surface area contributed by atoms with Crippen LogP contribution in [0, 0.1) is 10.1 Å². The van der Waals surface area contributed by atoms with E-state index in [0.29, 0.717) is 12.3 Å². The van der Waals surface area contributed by atoms with E-state index in [2.05, 4.69) is 15.9 Å². The highest BCUT2D eigenvalue weighted by Crippen LogP contribution is 2.41. The molecule has 0 radical (unpaired) electrons. The molecule has 9 heteroatoms. The largest absolute Gasteiger partial charge is 0.269 e. The lowest BCUT2D eigenvalue weighted by molar-refractivity contribution is -0.384. The van der Waals surface area contributed by atoms with Crippen molar-refractivity contribution in [3.05, 3.63) is 68.7 Å². The summed E-state index contributed by atoms with van der Waals surface area (Å²) >= 11 is 4.93. The van der Waals surface area contributed by atoms with Crippen LogP contribution in [-0.2, 0) is 10.0 Å². The highest BCUT2D eigenvalue weighted by atomic mass is 79.9. The molecule has 6 nitrogen and oxygen atoms in total. The molecule has 1 saturated heterocycles. The lowest BCUT2D eigenvalue weighted by Crippen LogP contribution is -2.30. The average molecular weight is 429 g/mol. The number of nitrogens with zero attached hydrogens (tertiary/aromatic N) is 2. The average Bonchev–Trinajstić information content (AvgIpc) is 3.06. The molecule has 3 rings (SSSR count). The van der Waals surface area contributed by atoms with Crippen molar-refractivity contribution >= 4 is 43.4 Å². The van der Waals surface area contributed by atoms with Crippen LogP contribution >= 0.6 is 27.7 Å². The third kappa shape index (κ3) is 3.34. The van der Waals surface area contributed by atoms with Gasteiger partial charge in [-0.2, -0.15) is 4.31 Å². The summed E-state index contributed by atoms with van der Waals surface area (Å²) in [6, 6.07) is 12.5. The van der Waals surface area contributed by atoms with E-state index >= 15 is 0 Å². The van der Waals surface area contributed by atoms with E-state index in [1.54, 1.807) is 11.8 Å². The maximum Gasteiger partial charge on any atom is 0.269 e. The predicted octanol–water partition coefficient (Wildman–Crippen LogP) is 3.79. The Labute approximate surface area is 152 Å². The number of nitro benzene ring substituents is 1. The second-order valence-electron chi connectivity index (χ2n) is 5.14. The van der Waals surface area contributed by atoms with Crippen LogP contribution in [0.5, 0.6) is 0 Å². The molecule has 1 aliphatic heterocycles. The van der Waals surface area contributed by atoms with Crippen LogP contribution in [-0.4, -0.2) is 29.9 Å². The molecule has 0 unspecified atom stereocenters. The fourth-order valence-electron chi connectivity index (χ4n) is 2.47. The number of hydrogen-bond acceptors (Lipinski definition) is 5. The summed E-state index contributed by atoms with van der Waals surface area (Å²) in [5, 5.41) is 10.4. The van der Waals surface area contributed by atoms with Gasteiger partial charge in [-0.05, 0) is 29.8 Å². The Morgan fingerprint density at radius 2 is 1.75 bits per heavy atom. The van der Waals surface area contributed by atoms with E-state index in [9.17, 15) is 18.5 Å². The van der Waals surface area contributed by atoms with Gasteiger partial charge in [-0.15, -0.1) is 11.8 Å². The molecule has 0 spiro atoms. The van der Waals surface area contributed by atoms with Gasteiger partial charge in [0.15, 0.2) is 0 Å². The molecule has 126 valence electrons. The minimum absolute atomic E-state index is 0.0673. The summed E-state index contributed by atoms with van der Waals surface area (Å²) in [5.41, 5.74) is 0.778. The predicted molar refractivity (Wildman–Crippen MR) is 96.3 cm³/mol. The first-order valence-electron chi connectivity index (χ1n) is 7.03. The summed E-state index contributed by atoms with van der Waals surface area (Å²) < 4.78 is 28.2. The molecule has 0 saturated carbocycles. The lowest BCUT2D eigenvalue weighted by atomic mass is 10.2. The van der Waals surface area contributed by atoms with Crippen molar-refractivity contribution in [1.82, 2.24) is 4.31 Å². The zero-order valence-corrected chi connectivity index (χ0v) is 15.6. The summed E-state index contributed by atoms with van der Waals surface area (Å²) in [5.74, 6) is 0.701. The van der Waals surface area contributed by atoms with E-state index in [1.165, 1.54) is 28.6 Å². The molecule has 1 atom stereocenters. The van der Waals surface area contributed by atoms with Crippen LogP contribution in [0.15, 0.2) is 57.9 Å². The van der Waals surface area contributed by atoms with Crippen LogP contribution in [0.25, 0.3) is 0 Å². The van der Waals surface area contributed by atoms with Crippen LogP contribution in [0.4, 0.5) is 5.69 Å². The molecular formula is C15H13BrN2O4S2. The Bertz CT molecular complexity index is 854. The van der Waals surface area contributed by atoms with Gasteiger partial charge < -0.3 is 0 Å². The Morgan fingerprint density at radius 3 is 2.33 bits per heavy atom. The zero-order valence-electron chi connectivity index (χ0n) is 12.3. The van der Waals surface area contributed by atoms with Gasteiger partial charge in [0.1, 0.15) is 0 Å². The van der Waals surface area contributed by atoms with Crippen molar-refractivity contribution in [2.24, 2.45) is 0 Å². The number of hydrogen-bond donors (Lipinski definition) is 0. The van der Waals surface area contributed by atoms with Gasteiger partial charge in [0.2, 0.25) is 10.0 Å². The summed E-state index contributed by atoms with van der Waals surface area (Å²) in [4.78, 5) is 10.2. The van der Waals surface area contributed by atoms with Crippen LogP contribution in [0.2, 0.25) is 0 Å². The van der Waals surface area contributed by atoms with E-state index in [1.807, 2.05) is 24.3 Å². The first kappa shape index (κ1) is 17.4. The number of rotatable bonds is 4. The van der Waals surface area contributed by atoms with Crippen LogP contribution < -0.4 is 0 Å². The van der Waals surface area contributed by atoms with Crippen LogP contribution in [0.1, 0.15) is 10.9 Å². The minimum Gasteiger partial charge on any atom is -0.258 e. The standard InChI is InChI=1S/C15H13BrN2O4S2/c16-12-3-1-11(2-4-12)15-17(9-10-23-15)24(21,22)14-7-5-13(6-8-14)18(19)20/h1-8,15H,9-10H2/t15-/m0/s1. The maximum absolute atomic E-state index is 12.9. The second kappa shape index (κ2) is 6.83. The van der Waals surface area contributed by atoms with Gasteiger partial charge in [-0.3, -0.25) is 10.1 Å². The van der Waals surface area contributed by atoms with Crippen LogP contribution in [0.3, 0.4) is 0 Å². The number of thioether (sulfide) groups is 1. The fourth-order valence-corrected chi connectivity index (χ4v) is 5.97. The molecule has 0 aliphatic carbocycles. The first-order chi connectivity index (χ1) is 11.4. The van der Waals surface area contributed by atoms with Gasteiger partial charge in [-0.25, -0.2) is 8.42 Å². The maximum atomic E-state index is 12.9. The molecule has 0 bridgehead atoms. The van der Waals surface area contributed by atoms with Crippen molar-refractivity contribution < 1.29 is 13.3 Å². The van der Waals surface area contributed by atoms with Crippen molar-refractivity contribution in [2.75, 3.05) is 12.3 Å². The summed E-state index contributed by atoms with van der Waals surface area (Å²) in [6.07, 6.45) is 0. The first-order valence-corrected chi connectivity index (χ1v) is 10.3. The monoisotopic (exact) mass is 428 g/mol. The fraction of sp³-hybridized carbons (Fsp3) is 0.200. The number of nitro groups is 1. The Morgan fingerprint density at radius 1 is 1.12 bits per heavy atom. The van der Waals surface area contributed by atoms with E-state index in [4.69, 9.17) is 0 Å². The highest BCUT2D eigenvalue weighted by Gasteiger charge is 2.36. The Hall–Kier alpha value is -1.42. The Balaban J connectivity index is 1.93. The third-order valence-corrected chi connectivity index (χ3v) is 7.46. The molecule has 0 N–H and O–H groups in total. The molecule has 2 aromatic carbocycles. The number of sulfonamides is 1. The smallest absolute Gasteiger partial charge is 0.258 e. The number of non-ortho nitro benzene ring substituents is 1. The van der Waals surface area contributed by atoms with Gasteiger partial charge in [0.25, 0.3) is 5.69 Å². The van der Waals surface area contributed by atoms with Gasteiger partial charge in [0.05, 0.1) is 15.2 Å². The molecule has 24 heavy (non-hydrogen) atoms. The molecular weight excluding hydrogens is 416 g/mol. The SMILES string of the molecule is O=[N+]([O-])c1ccc(S(=O)(=O)N2CCS[C@H]2c2ccc(Br)cc2)cc1. The highest BCUT2D eigenvalue weighted by molar-refractivity contribution is 9.10. The number of halogens is 1. The molecule has 0 aromatic heterocycles. The van der Waals surface area contributed by atoms with E-state index < -0.39 is 14.9 Å². The zero-order chi connectivity index (χ0) is 17.3. The lowest BCUT2D eigenvalue weighted by Gasteiger charge is -2.23. The summed E-state index contributed by atoms with van der Waals surface area (Å²) in [7, 11) is -3.71. The Kier molecular flexibility index (Phi) is 4.95. The molecule has 2 aromatic rings. The van der Waals surface area contributed by atoms with E-state index in [-0.39, 0.29) is 16.0 Å². The van der Waals surface area contributed by atoms with Gasteiger partial charge in [-0.1, -0.05) is 28.1 Å². The minimum atomic E-state index is -3.71. The van der Waals surface area contributed by atoms with Crippen molar-refractivity contribution in [2.45, 2.75) is 10.3 Å². The molecule has 1 fully saturated rings. The van der Waals surface area contributed by atoms with Crippen molar-refractivity contribution in [1.29, 1.82) is 0 Å². The quantitative estimate of drug-likeness (QED) is 0.546. The number of benzene rings is 2. The third-order valence-electron chi connectivity index (χ3n) is 3.66. The molecule has 1 heterocycles. The van der Waals surface area contributed by atoms with Gasteiger partial charge in [0, 0.05) is 28.9 Å². The summed E-state index contributed by atoms with van der Waals surface area (Å²) in [6.45, 7) is 0.407. The molecule has 1 aliphatic rings. The van der Waals surface area contributed by atoms with Crippen molar-refractivity contribution in [3.63, 3.8) is 0 Å².